The molecule has 0 aromatic carbocycles. The highest BCUT2D eigenvalue weighted by atomic mass is 32.1. The maximum absolute atomic E-state index is 12.2. The van der Waals surface area contributed by atoms with Gasteiger partial charge in [0.1, 0.15) is 0 Å². The summed E-state index contributed by atoms with van der Waals surface area (Å²) in [6, 6.07) is -0.123. The molecule has 1 aliphatic carbocycles. The van der Waals surface area contributed by atoms with Crippen molar-refractivity contribution in [2.75, 3.05) is 13.6 Å². The van der Waals surface area contributed by atoms with Crippen LogP contribution in [-0.4, -0.2) is 39.6 Å². The van der Waals surface area contributed by atoms with Gasteiger partial charge in [0.25, 0.3) is 0 Å². The summed E-state index contributed by atoms with van der Waals surface area (Å²) < 4.78 is 5.28. The standard InChI is InChI=1S/C17H25N5O2S/c1-11(2)16-19-13(10-25-16)9-22(3)17(23)18-8-7-14-20-15(24-21-14)12-5-4-6-12/h10-12H,4-9H2,1-3H3,(H,18,23). The molecule has 0 radical (unpaired) electrons. The van der Waals surface area contributed by atoms with Gasteiger partial charge in [0.2, 0.25) is 5.89 Å². The van der Waals surface area contributed by atoms with E-state index >= 15 is 0 Å². The highest BCUT2D eigenvalue weighted by Crippen LogP contribution is 2.35. The van der Waals surface area contributed by atoms with Crippen LogP contribution in [0.25, 0.3) is 0 Å². The summed E-state index contributed by atoms with van der Waals surface area (Å²) in [6.07, 6.45) is 4.09. The number of urea groups is 1. The van der Waals surface area contributed by atoms with Gasteiger partial charge in [-0.2, -0.15) is 4.98 Å². The van der Waals surface area contributed by atoms with Crippen molar-refractivity contribution in [1.29, 1.82) is 0 Å². The van der Waals surface area contributed by atoms with Crippen molar-refractivity contribution in [2.24, 2.45) is 0 Å². The third-order valence-corrected chi connectivity index (χ3v) is 5.57. The Bertz CT molecular complexity index is 707. The summed E-state index contributed by atoms with van der Waals surface area (Å²) in [4.78, 5) is 22.8. The second-order valence-electron chi connectivity index (χ2n) is 6.85. The molecule has 2 heterocycles. The number of amides is 2. The Balaban J connectivity index is 1.41. The molecular formula is C17H25N5O2S. The fourth-order valence-corrected chi connectivity index (χ4v) is 3.41. The van der Waals surface area contributed by atoms with Crippen LogP contribution in [0.4, 0.5) is 4.79 Å². The first-order valence-corrected chi connectivity index (χ1v) is 9.66. The Hall–Kier alpha value is -1.96. The van der Waals surface area contributed by atoms with Crippen molar-refractivity contribution in [3.8, 4) is 0 Å². The summed E-state index contributed by atoms with van der Waals surface area (Å²) in [7, 11) is 1.77. The topological polar surface area (TPSA) is 84.2 Å². The summed E-state index contributed by atoms with van der Waals surface area (Å²) in [5.41, 5.74) is 0.926. The number of carbonyl (C=O) groups excluding carboxylic acids is 1. The lowest BCUT2D eigenvalue weighted by Gasteiger charge is -2.20. The van der Waals surface area contributed by atoms with E-state index in [0.29, 0.717) is 37.2 Å². The molecular weight excluding hydrogens is 338 g/mol. The van der Waals surface area contributed by atoms with Gasteiger partial charge >= 0.3 is 6.03 Å². The number of aromatic nitrogens is 3. The van der Waals surface area contributed by atoms with Crippen molar-refractivity contribution in [1.82, 2.24) is 25.3 Å². The van der Waals surface area contributed by atoms with Gasteiger partial charge in [-0.25, -0.2) is 9.78 Å². The summed E-state index contributed by atoms with van der Waals surface area (Å²) >= 11 is 1.64. The van der Waals surface area contributed by atoms with Crippen molar-refractivity contribution >= 4 is 17.4 Å². The van der Waals surface area contributed by atoms with E-state index in [0.717, 1.165) is 29.4 Å². The zero-order chi connectivity index (χ0) is 17.8. The summed E-state index contributed by atoms with van der Waals surface area (Å²) in [5.74, 6) is 2.26. The average molecular weight is 363 g/mol. The minimum Gasteiger partial charge on any atom is -0.339 e. The van der Waals surface area contributed by atoms with E-state index in [1.165, 1.54) is 6.42 Å². The lowest BCUT2D eigenvalue weighted by Crippen LogP contribution is -2.37. The monoisotopic (exact) mass is 363 g/mol. The van der Waals surface area contributed by atoms with Crippen molar-refractivity contribution < 1.29 is 9.32 Å². The van der Waals surface area contributed by atoms with Crippen LogP contribution >= 0.6 is 11.3 Å². The van der Waals surface area contributed by atoms with Crippen molar-refractivity contribution in [3.05, 3.63) is 27.8 Å². The number of rotatable bonds is 7. The molecule has 2 aromatic rings. The van der Waals surface area contributed by atoms with Crippen LogP contribution in [0.5, 0.6) is 0 Å². The van der Waals surface area contributed by atoms with E-state index in [1.807, 2.05) is 5.38 Å². The van der Waals surface area contributed by atoms with Crippen LogP contribution < -0.4 is 5.32 Å². The van der Waals surface area contributed by atoms with E-state index in [-0.39, 0.29) is 6.03 Å². The van der Waals surface area contributed by atoms with Gasteiger partial charge in [0.05, 0.1) is 17.2 Å². The second kappa shape index (κ2) is 7.95. The molecule has 1 fully saturated rings. The first kappa shape index (κ1) is 17.8. The van der Waals surface area contributed by atoms with Gasteiger partial charge in [-0.3, -0.25) is 0 Å². The highest BCUT2D eigenvalue weighted by molar-refractivity contribution is 7.09. The van der Waals surface area contributed by atoms with Gasteiger partial charge in [0, 0.05) is 37.2 Å². The lowest BCUT2D eigenvalue weighted by atomic mass is 9.85. The minimum absolute atomic E-state index is 0.123. The molecule has 2 amide bonds. The van der Waals surface area contributed by atoms with E-state index in [2.05, 4.69) is 34.3 Å². The van der Waals surface area contributed by atoms with Crippen LogP contribution in [0.1, 0.15) is 67.4 Å². The molecule has 1 aliphatic rings. The molecule has 7 nitrogen and oxygen atoms in total. The van der Waals surface area contributed by atoms with E-state index in [9.17, 15) is 4.79 Å². The number of nitrogens with one attached hydrogen (secondary N) is 1. The summed E-state index contributed by atoms with van der Waals surface area (Å²) in [6.45, 7) is 5.23. The number of carbonyl (C=O) groups is 1. The highest BCUT2D eigenvalue weighted by Gasteiger charge is 2.25. The molecule has 0 unspecified atom stereocenters. The zero-order valence-electron chi connectivity index (χ0n) is 15.0. The van der Waals surface area contributed by atoms with E-state index in [4.69, 9.17) is 4.52 Å². The van der Waals surface area contributed by atoms with Crippen LogP contribution in [0.3, 0.4) is 0 Å². The maximum Gasteiger partial charge on any atom is 0.317 e. The third-order valence-electron chi connectivity index (χ3n) is 4.37. The molecule has 8 heteroatoms. The van der Waals surface area contributed by atoms with Crippen molar-refractivity contribution in [3.63, 3.8) is 0 Å². The molecule has 1 N–H and O–H groups in total. The quantitative estimate of drug-likeness (QED) is 0.816. The first-order chi connectivity index (χ1) is 12.0. The molecule has 1 saturated carbocycles. The Morgan fingerprint density at radius 3 is 2.88 bits per heavy atom. The molecule has 0 saturated heterocycles. The Labute approximate surface area is 151 Å². The number of thiazole rings is 1. The van der Waals surface area contributed by atoms with Gasteiger partial charge in [0.15, 0.2) is 5.82 Å². The lowest BCUT2D eigenvalue weighted by molar-refractivity contribution is 0.206. The fourth-order valence-electron chi connectivity index (χ4n) is 2.58. The fraction of sp³-hybridized carbons (Fsp3) is 0.647. The average Bonchev–Trinajstić information content (AvgIpc) is 3.15. The largest absolute Gasteiger partial charge is 0.339 e. The molecule has 136 valence electrons. The Morgan fingerprint density at radius 2 is 2.24 bits per heavy atom. The normalized spacial score (nSPS) is 14.6. The Morgan fingerprint density at radius 1 is 1.44 bits per heavy atom. The van der Waals surface area contributed by atoms with Gasteiger partial charge in [-0.1, -0.05) is 25.4 Å². The molecule has 25 heavy (non-hydrogen) atoms. The molecule has 0 aliphatic heterocycles. The van der Waals surface area contributed by atoms with Crippen LogP contribution in [0.15, 0.2) is 9.90 Å². The third kappa shape index (κ3) is 4.56. The predicted octanol–water partition coefficient (Wildman–Crippen LogP) is 3.30. The summed E-state index contributed by atoms with van der Waals surface area (Å²) in [5, 5.41) is 9.99. The molecule has 0 atom stereocenters. The predicted molar refractivity (Wildman–Crippen MR) is 95.7 cm³/mol. The number of nitrogens with zero attached hydrogens (tertiary/aromatic N) is 4. The molecule has 0 bridgehead atoms. The number of hydrogen-bond donors (Lipinski definition) is 1. The zero-order valence-corrected chi connectivity index (χ0v) is 15.8. The van der Waals surface area contributed by atoms with Crippen LogP contribution in [0.2, 0.25) is 0 Å². The molecule has 2 aromatic heterocycles. The van der Waals surface area contributed by atoms with Gasteiger partial charge < -0.3 is 14.7 Å². The van der Waals surface area contributed by atoms with E-state index < -0.39 is 0 Å². The molecule has 0 spiro atoms. The number of hydrogen-bond acceptors (Lipinski definition) is 6. The van der Waals surface area contributed by atoms with E-state index in [1.54, 1.807) is 23.3 Å². The SMILES string of the molecule is CC(C)c1nc(CN(C)C(=O)NCCc2noc(C3CCC3)n2)cs1. The maximum atomic E-state index is 12.2. The minimum atomic E-state index is -0.123. The smallest absolute Gasteiger partial charge is 0.317 e. The van der Waals surface area contributed by atoms with Gasteiger partial charge in [-0.05, 0) is 12.8 Å². The second-order valence-corrected chi connectivity index (χ2v) is 7.74. The molecule has 3 rings (SSSR count). The van der Waals surface area contributed by atoms with Crippen molar-refractivity contribution in [2.45, 2.75) is 57.9 Å². The van der Waals surface area contributed by atoms with Gasteiger partial charge in [-0.15, -0.1) is 11.3 Å². The van der Waals surface area contributed by atoms with Crippen LogP contribution in [-0.2, 0) is 13.0 Å². The Kier molecular flexibility index (Phi) is 5.67. The van der Waals surface area contributed by atoms with Crippen LogP contribution in [0, 0.1) is 0 Å². The first-order valence-electron chi connectivity index (χ1n) is 8.78.